The van der Waals surface area contributed by atoms with Crippen LogP contribution in [0.4, 0.5) is 4.39 Å². The van der Waals surface area contributed by atoms with Crippen molar-refractivity contribution in [2.45, 2.75) is 5.33 Å². The summed E-state index contributed by atoms with van der Waals surface area (Å²) in [4.78, 5) is 0. The Morgan fingerprint density at radius 2 is 1.75 bits per heavy atom. The van der Waals surface area contributed by atoms with E-state index in [0.717, 1.165) is 5.33 Å². The molecule has 0 amide bonds. The second-order valence-electron chi connectivity index (χ2n) is 3.34. The molecule has 2 aromatic rings. The van der Waals surface area contributed by atoms with Gasteiger partial charge in [0.2, 0.25) is 0 Å². The second-order valence-corrected chi connectivity index (χ2v) is 3.90. The lowest BCUT2D eigenvalue weighted by molar-refractivity contribution is 0.476. The average Bonchev–Trinajstić information content (AvgIpc) is 2.30. The summed E-state index contributed by atoms with van der Waals surface area (Å²) in [5.41, 5.74) is 1.17. The summed E-state index contributed by atoms with van der Waals surface area (Å²) in [5.74, 6) is 0.913. The van der Waals surface area contributed by atoms with Gasteiger partial charge in [0.25, 0.3) is 0 Å². The van der Waals surface area contributed by atoms with E-state index in [9.17, 15) is 4.39 Å². The molecule has 0 aromatic heterocycles. The van der Waals surface area contributed by atoms with E-state index in [1.165, 1.54) is 17.7 Å². The lowest BCUT2D eigenvalue weighted by Crippen LogP contribution is -1.85. The van der Waals surface area contributed by atoms with E-state index >= 15 is 0 Å². The van der Waals surface area contributed by atoms with E-state index in [0.29, 0.717) is 11.5 Å². The Morgan fingerprint density at radius 1 is 1.00 bits per heavy atom. The highest BCUT2D eigenvalue weighted by atomic mass is 79.9. The minimum absolute atomic E-state index is 0.297. The molecule has 0 heterocycles. The molecule has 2 rings (SSSR count). The van der Waals surface area contributed by atoms with E-state index in [2.05, 4.69) is 15.9 Å². The van der Waals surface area contributed by atoms with Crippen LogP contribution in [0.15, 0.2) is 48.5 Å². The molecule has 2 aromatic carbocycles. The van der Waals surface area contributed by atoms with Gasteiger partial charge in [0.05, 0.1) is 0 Å². The van der Waals surface area contributed by atoms with Gasteiger partial charge >= 0.3 is 0 Å². The maximum Gasteiger partial charge on any atom is 0.130 e. The zero-order valence-electron chi connectivity index (χ0n) is 8.49. The van der Waals surface area contributed by atoms with Gasteiger partial charge in [-0.15, -0.1) is 0 Å². The van der Waals surface area contributed by atoms with Gasteiger partial charge in [0, 0.05) is 11.4 Å². The van der Waals surface area contributed by atoms with E-state index in [1.54, 1.807) is 12.1 Å². The molecule has 0 bridgehead atoms. The van der Waals surface area contributed by atoms with Crippen LogP contribution in [0, 0.1) is 5.82 Å². The van der Waals surface area contributed by atoms with Crippen molar-refractivity contribution in [2.75, 3.05) is 0 Å². The molecule has 0 N–H and O–H groups in total. The minimum Gasteiger partial charge on any atom is -0.457 e. The van der Waals surface area contributed by atoms with E-state index in [1.807, 2.05) is 24.3 Å². The van der Waals surface area contributed by atoms with E-state index in [4.69, 9.17) is 4.74 Å². The summed E-state index contributed by atoms with van der Waals surface area (Å²) >= 11 is 3.37. The van der Waals surface area contributed by atoms with Gasteiger partial charge in [-0.3, -0.25) is 0 Å². The van der Waals surface area contributed by atoms with Crippen molar-refractivity contribution < 1.29 is 9.13 Å². The SMILES string of the molecule is Fc1cccc(Oc2ccc(CBr)cc2)c1. The normalized spacial score (nSPS) is 10.1. The molecule has 0 atom stereocenters. The van der Waals surface area contributed by atoms with Gasteiger partial charge in [-0.25, -0.2) is 4.39 Å². The Labute approximate surface area is 102 Å². The number of ether oxygens (including phenoxy) is 1. The molecule has 0 aliphatic heterocycles. The molecular formula is C13H10BrFO. The van der Waals surface area contributed by atoms with Crippen molar-refractivity contribution in [3.05, 3.63) is 59.9 Å². The summed E-state index contributed by atoms with van der Waals surface area (Å²) < 4.78 is 18.4. The van der Waals surface area contributed by atoms with Crippen molar-refractivity contribution in [2.24, 2.45) is 0 Å². The van der Waals surface area contributed by atoms with Gasteiger partial charge in [-0.1, -0.05) is 34.1 Å². The smallest absolute Gasteiger partial charge is 0.130 e. The fourth-order valence-electron chi connectivity index (χ4n) is 1.31. The maximum absolute atomic E-state index is 12.9. The molecule has 3 heteroatoms. The molecule has 0 radical (unpaired) electrons. The first-order valence-corrected chi connectivity index (χ1v) is 5.98. The number of halogens is 2. The van der Waals surface area contributed by atoms with Crippen LogP contribution in [0.2, 0.25) is 0 Å². The highest BCUT2D eigenvalue weighted by Gasteiger charge is 1.98. The third kappa shape index (κ3) is 2.83. The third-order valence-electron chi connectivity index (χ3n) is 2.11. The van der Waals surface area contributed by atoms with Gasteiger partial charge in [-0.2, -0.15) is 0 Å². The molecule has 82 valence electrons. The Kier molecular flexibility index (Phi) is 3.57. The lowest BCUT2D eigenvalue weighted by Gasteiger charge is -2.05. The zero-order chi connectivity index (χ0) is 11.4. The first kappa shape index (κ1) is 11.1. The zero-order valence-corrected chi connectivity index (χ0v) is 10.1. The average molecular weight is 281 g/mol. The molecule has 0 unspecified atom stereocenters. The Morgan fingerprint density at radius 3 is 2.38 bits per heavy atom. The molecule has 16 heavy (non-hydrogen) atoms. The van der Waals surface area contributed by atoms with Crippen LogP contribution in [0.1, 0.15) is 5.56 Å². The van der Waals surface area contributed by atoms with Gasteiger partial charge < -0.3 is 4.74 Å². The first-order chi connectivity index (χ1) is 7.78. The lowest BCUT2D eigenvalue weighted by atomic mass is 10.2. The van der Waals surface area contributed by atoms with Crippen LogP contribution < -0.4 is 4.74 Å². The molecule has 1 nitrogen and oxygen atoms in total. The first-order valence-electron chi connectivity index (χ1n) is 4.86. The van der Waals surface area contributed by atoms with Gasteiger partial charge in [-0.05, 0) is 29.8 Å². The summed E-state index contributed by atoms with van der Waals surface area (Å²) in [6, 6.07) is 13.7. The van der Waals surface area contributed by atoms with Crippen molar-refractivity contribution in [3.8, 4) is 11.5 Å². The minimum atomic E-state index is -0.297. The van der Waals surface area contributed by atoms with Crippen LogP contribution in [-0.4, -0.2) is 0 Å². The van der Waals surface area contributed by atoms with Crippen molar-refractivity contribution >= 4 is 15.9 Å². The van der Waals surface area contributed by atoms with E-state index < -0.39 is 0 Å². The van der Waals surface area contributed by atoms with Gasteiger partial charge in [0.1, 0.15) is 17.3 Å². The topological polar surface area (TPSA) is 9.23 Å². The predicted molar refractivity (Wildman–Crippen MR) is 65.5 cm³/mol. The van der Waals surface area contributed by atoms with Crippen LogP contribution in [0.5, 0.6) is 11.5 Å². The fourth-order valence-corrected chi connectivity index (χ4v) is 1.69. The molecule has 0 aliphatic carbocycles. The monoisotopic (exact) mass is 280 g/mol. The number of hydrogen-bond acceptors (Lipinski definition) is 1. The van der Waals surface area contributed by atoms with Crippen LogP contribution in [0.3, 0.4) is 0 Å². The summed E-state index contributed by atoms with van der Waals surface area (Å²) in [6.07, 6.45) is 0. The fraction of sp³-hybridized carbons (Fsp3) is 0.0769. The number of hydrogen-bond donors (Lipinski definition) is 0. The standard InChI is InChI=1S/C13H10BrFO/c14-9-10-4-6-12(7-5-10)16-13-3-1-2-11(15)8-13/h1-8H,9H2. The van der Waals surface area contributed by atoms with Gasteiger partial charge in [0.15, 0.2) is 0 Å². The molecule has 0 saturated heterocycles. The van der Waals surface area contributed by atoms with Crippen molar-refractivity contribution in [1.29, 1.82) is 0 Å². The summed E-state index contributed by atoms with van der Waals surface area (Å²) in [6.45, 7) is 0. The highest BCUT2D eigenvalue weighted by Crippen LogP contribution is 2.22. The molecule has 0 aliphatic rings. The Balaban J connectivity index is 2.14. The van der Waals surface area contributed by atoms with Crippen molar-refractivity contribution in [1.82, 2.24) is 0 Å². The third-order valence-corrected chi connectivity index (χ3v) is 2.76. The predicted octanol–water partition coefficient (Wildman–Crippen LogP) is 4.51. The molecule has 0 spiro atoms. The Hall–Kier alpha value is -1.35. The maximum atomic E-state index is 12.9. The summed E-state index contributed by atoms with van der Waals surface area (Å²) in [5, 5.41) is 0.813. The summed E-state index contributed by atoms with van der Waals surface area (Å²) in [7, 11) is 0. The quantitative estimate of drug-likeness (QED) is 0.752. The molecule has 0 saturated carbocycles. The second kappa shape index (κ2) is 5.12. The molecular weight excluding hydrogens is 271 g/mol. The molecule has 0 fully saturated rings. The van der Waals surface area contributed by atoms with Crippen LogP contribution in [-0.2, 0) is 5.33 Å². The highest BCUT2D eigenvalue weighted by molar-refractivity contribution is 9.08. The Bertz CT molecular complexity index is 468. The van der Waals surface area contributed by atoms with Crippen molar-refractivity contribution in [3.63, 3.8) is 0 Å². The van der Waals surface area contributed by atoms with Crippen LogP contribution in [0.25, 0.3) is 0 Å². The number of benzene rings is 2. The van der Waals surface area contributed by atoms with Crippen LogP contribution >= 0.6 is 15.9 Å². The number of alkyl halides is 1. The van der Waals surface area contributed by atoms with E-state index in [-0.39, 0.29) is 5.82 Å². The largest absolute Gasteiger partial charge is 0.457 e. The number of rotatable bonds is 3.